The number of anilines is 2. The lowest BCUT2D eigenvalue weighted by Crippen LogP contribution is -2.40. The monoisotopic (exact) mass is 359 g/mol. The van der Waals surface area contributed by atoms with Gasteiger partial charge in [0.05, 0.1) is 6.54 Å². The maximum Gasteiger partial charge on any atom is 0.253 e. The zero-order valence-electron chi connectivity index (χ0n) is 14.7. The Morgan fingerprint density at radius 2 is 1.77 bits per heavy atom. The van der Waals surface area contributed by atoms with Crippen molar-refractivity contribution in [3.8, 4) is 11.5 Å². The second-order valence-corrected chi connectivity index (χ2v) is 6.50. The fraction of sp³-hybridized carbons (Fsp3) is 0.389. The summed E-state index contributed by atoms with van der Waals surface area (Å²) in [6.07, 6.45) is 0. The molecule has 8 heteroatoms. The summed E-state index contributed by atoms with van der Waals surface area (Å²) in [7, 11) is 0. The van der Waals surface area contributed by atoms with E-state index in [4.69, 9.17) is 9.47 Å². The zero-order chi connectivity index (χ0) is 18.7. The van der Waals surface area contributed by atoms with E-state index in [-0.39, 0.29) is 30.6 Å². The molecule has 1 aliphatic rings. The molecule has 1 amide bonds. The highest BCUT2D eigenvalue weighted by atomic mass is 16.7. The molecule has 0 aromatic heterocycles. The first-order chi connectivity index (χ1) is 12.5. The van der Waals surface area contributed by atoms with Crippen LogP contribution in [0.1, 0.15) is 19.4 Å². The molecule has 1 aliphatic heterocycles. The van der Waals surface area contributed by atoms with Gasteiger partial charge in [0.25, 0.3) is 10.9 Å². The van der Waals surface area contributed by atoms with Crippen LogP contribution < -0.4 is 36.3 Å². The molecule has 3 rings (SSSR count). The van der Waals surface area contributed by atoms with E-state index in [1.165, 1.54) is 0 Å². The fourth-order valence-corrected chi connectivity index (χ4v) is 2.52. The first-order valence-electron chi connectivity index (χ1n) is 8.42. The number of hydrogen-bond acceptors (Lipinski definition) is 7. The predicted molar refractivity (Wildman–Crippen MR) is 97.6 cm³/mol. The van der Waals surface area contributed by atoms with Crippen LogP contribution in [0.3, 0.4) is 0 Å². The molecule has 3 N–H and O–H groups in total. The number of rotatable bonds is 8. The van der Waals surface area contributed by atoms with Gasteiger partial charge in [0.15, 0.2) is 11.5 Å². The predicted octanol–water partition coefficient (Wildman–Crippen LogP) is 0.807. The number of benzene rings is 1. The van der Waals surface area contributed by atoms with Crippen molar-refractivity contribution in [2.75, 3.05) is 30.5 Å². The number of nitrogens with one attached hydrogen (secondary N) is 3. The molecular formula is C18H21N3O5. The molecule has 0 fully saturated rings. The summed E-state index contributed by atoms with van der Waals surface area (Å²) in [4.78, 5) is 35.3. The number of carbonyl (C=O) groups excluding carboxylic acids is 1. The molecule has 0 atom stereocenters. The van der Waals surface area contributed by atoms with Crippen molar-refractivity contribution < 1.29 is 14.3 Å². The summed E-state index contributed by atoms with van der Waals surface area (Å²) in [5.74, 6) is 1.43. The van der Waals surface area contributed by atoms with Crippen LogP contribution in [0.15, 0.2) is 27.8 Å². The third-order valence-electron chi connectivity index (χ3n) is 3.95. The van der Waals surface area contributed by atoms with Crippen molar-refractivity contribution in [3.63, 3.8) is 0 Å². The molecule has 0 aliphatic carbocycles. The lowest BCUT2D eigenvalue weighted by atomic mass is 10.1. The van der Waals surface area contributed by atoms with E-state index in [1.54, 1.807) is 6.07 Å². The number of hydrogen-bond donors (Lipinski definition) is 3. The third kappa shape index (κ3) is 3.79. The summed E-state index contributed by atoms with van der Waals surface area (Å²) in [6, 6.07) is 5.45. The van der Waals surface area contributed by atoms with Gasteiger partial charge in [-0.2, -0.15) is 0 Å². The molecule has 2 aromatic rings. The molecule has 0 spiro atoms. The fourth-order valence-electron chi connectivity index (χ4n) is 2.52. The van der Waals surface area contributed by atoms with Gasteiger partial charge in [-0.1, -0.05) is 19.9 Å². The van der Waals surface area contributed by atoms with Gasteiger partial charge in [-0.15, -0.1) is 0 Å². The Balaban J connectivity index is 1.57. The topological polar surface area (TPSA) is 106 Å². The third-order valence-corrected chi connectivity index (χ3v) is 3.95. The summed E-state index contributed by atoms with van der Waals surface area (Å²) in [6.45, 7) is 5.01. The van der Waals surface area contributed by atoms with Gasteiger partial charge in [-0.3, -0.25) is 14.4 Å². The average molecular weight is 359 g/mol. The van der Waals surface area contributed by atoms with Crippen LogP contribution in [0, 0.1) is 5.92 Å². The average Bonchev–Trinajstić information content (AvgIpc) is 3.09. The minimum atomic E-state index is -0.616. The van der Waals surface area contributed by atoms with Crippen LogP contribution in [0.25, 0.3) is 0 Å². The number of fused-ring (bicyclic) bond motifs is 1. The summed E-state index contributed by atoms with van der Waals surface area (Å²) in [5.41, 5.74) is 0.0216. The van der Waals surface area contributed by atoms with Gasteiger partial charge < -0.3 is 25.4 Å². The van der Waals surface area contributed by atoms with E-state index in [2.05, 4.69) is 16.0 Å². The molecule has 8 nitrogen and oxygen atoms in total. The minimum Gasteiger partial charge on any atom is -0.454 e. The summed E-state index contributed by atoms with van der Waals surface area (Å²) in [5, 5.41) is 8.43. The number of carbonyl (C=O) groups is 1. The van der Waals surface area contributed by atoms with Crippen LogP contribution >= 0.6 is 0 Å². The van der Waals surface area contributed by atoms with Crippen LogP contribution in [-0.4, -0.2) is 25.8 Å². The van der Waals surface area contributed by atoms with Crippen LogP contribution in [-0.2, 0) is 11.3 Å². The van der Waals surface area contributed by atoms with Crippen molar-refractivity contribution >= 4 is 17.3 Å². The quantitative estimate of drug-likeness (QED) is 0.599. The van der Waals surface area contributed by atoms with E-state index in [0.29, 0.717) is 30.5 Å². The van der Waals surface area contributed by atoms with Crippen molar-refractivity contribution in [1.29, 1.82) is 0 Å². The molecule has 0 saturated heterocycles. The van der Waals surface area contributed by atoms with Gasteiger partial charge in [-0.05, 0) is 23.6 Å². The highest BCUT2D eigenvalue weighted by molar-refractivity contribution is 5.83. The Kier molecular flexibility index (Phi) is 5.11. The Bertz CT molecular complexity index is 884. The molecule has 0 bridgehead atoms. The lowest BCUT2D eigenvalue weighted by molar-refractivity contribution is -0.119. The second-order valence-electron chi connectivity index (χ2n) is 6.50. The molecule has 0 radical (unpaired) electrons. The van der Waals surface area contributed by atoms with Gasteiger partial charge in [0.2, 0.25) is 12.7 Å². The first-order valence-corrected chi connectivity index (χ1v) is 8.42. The summed E-state index contributed by atoms with van der Waals surface area (Å²) < 4.78 is 10.6. The number of amides is 1. The largest absolute Gasteiger partial charge is 0.454 e. The standard InChI is InChI=1S/C18H21N3O5/c1-10(2)6-19-14(22)8-21-16-15(17(23)18(16)24)20-7-11-3-4-12-13(5-11)26-9-25-12/h3-5,10,20-21H,6-9H2,1-2H3,(H,19,22). The normalized spacial score (nSPS) is 12.4. The molecular weight excluding hydrogens is 338 g/mol. The molecule has 2 aromatic carbocycles. The van der Waals surface area contributed by atoms with Gasteiger partial charge in [0, 0.05) is 13.1 Å². The molecule has 0 saturated carbocycles. The Morgan fingerprint density at radius 1 is 1.08 bits per heavy atom. The minimum absolute atomic E-state index is 0.0592. The second kappa shape index (κ2) is 7.47. The lowest BCUT2D eigenvalue weighted by Gasteiger charge is -2.15. The molecule has 0 unspecified atom stereocenters. The van der Waals surface area contributed by atoms with Crippen LogP contribution in [0.4, 0.5) is 11.4 Å². The Hall–Kier alpha value is -3.03. The van der Waals surface area contributed by atoms with Gasteiger partial charge >= 0.3 is 0 Å². The van der Waals surface area contributed by atoms with E-state index < -0.39 is 10.9 Å². The van der Waals surface area contributed by atoms with Crippen LogP contribution in [0.2, 0.25) is 0 Å². The van der Waals surface area contributed by atoms with Gasteiger partial charge in [0.1, 0.15) is 11.4 Å². The van der Waals surface area contributed by atoms with E-state index in [9.17, 15) is 14.4 Å². The van der Waals surface area contributed by atoms with E-state index in [0.717, 1.165) is 5.56 Å². The van der Waals surface area contributed by atoms with Crippen molar-refractivity contribution in [2.45, 2.75) is 20.4 Å². The van der Waals surface area contributed by atoms with E-state index >= 15 is 0 Å². The van der Waals surface area contributed by atoms with E-state index in [1.807, 2.05) is 26.0 Å². The molecule has 1 heterocycles. The Morgan fingerprint density at radius 3 is 2.50 bits per heavy atom. The smallest absolute Gasteiger partial charge is 0.253 e. The van der Waals surface area contributed by atoms with Crippen molar-refractivity contribution in [1.82, 2.24) is 5.32 Å². The zero-order valence-corrected chi connectivity index (χ0v) is 14.7. The maximum atomic E-state index is 11.8. The molecule has 138 valence electrons. The van der Waals surface area contributed by atoms with Crippen LogP contribution in [0.5, 0.6) is 11.5 Å². The van der Waals surface area contributed by atoms with Crippen molar-refractivity contribution in [2.24, 2.45) is 5.92 Å². The SMILES string of the molecule is CC(C)CNC(=O)CNc1c(NCc2ccc3c(c2)OCO3)c(=O)c1=O. The number of ether oxygens (including phenoxy) is 2. The summed E-state index contributed by atoms with van der Waals surface area (Å²) >= 11 is 0. The first kappa shape index (κ1) is 17.8. The van der Waals surface area contributed by atoms with Gasteiger partial charge in [-0.25, -0.2) is 0 Å². The Labute approximate surface area is 150 Å². The van der Waals surface area contributed by atoms with Crippen molar-refractivity contribution in [3.05, 3.63) is 44.2 Å². The highest BCUT2D eigenvalue weighted by Crippen LogP contribution is 2.32. The maximum absolute atomic E-state index is 11.8. The molecule has 26 heavy (non-hydrogen) atoms. The highest BCUT2D eigenvalue weighted by Gasteiger charge is 2.21.